The number of rotatable bonds is 2. The first-order chi connectivity index (χ1) is 6.07. The minimum absolute atomic E-state index is 0.327. The Balaban J connectivity index is 3.23. The van der Waals surface area contributed by atoms with Crippen molar-refractivity contribution >= 4 is 0 Å². The van der Waals surface area contributed by atoms with E-state index < -0.39 is 23.6 Å². The highest BCUT2D eigenvalue weighted by Gasteiger charge is 2.19. The van der Waals surface area contributed by atoms with Crippen LogP contribution in [0.2, 0.25) is 0 Å². The highest BCUT2D eigenvalue weighted by molar-refractivity contribution is 5.19. The SMILES string of the molecule is NCc1ncc(C(F)F)c(F)c1F. The van der Waals surface area contributed by atoms with Gasteiger partial charge in [-0.25, -0.2) is 17.6 Å². The lowest BCUT2D eigenvalue weighted by molar-refractivity contribution is 0.144. The largest absolute Gasteiger partial charge is 0.325 e. The maximum absolute atomic E-state index is 12.8. The van der Waals surface area contributed by atoms with Crippen LogP contribution in [0.15, 0.2) is 6.20 Å². The van der Waals surface area contributed by atoms with Crippen molar-refractivity contribution in [1.82, 2.24) is 4.98 Å². The third kappa shape index (κ3) is 1.77. The van der Waals surface area contributed by atoms with Crippen LogP contribution in [0.5, 0.6) is 0 Å². The molecule has 0 aliphatic heterocycles. The van der Waals surface area contributed by atoms with Gasteiger partial charge in [0.1, 0.15) is 0 Å². The normalized spacial score (nSPS) is 10.9. The molecule has 0 spiro atoms. The monoisotopic (exact) mass is 194 g/mol. The summed E-state index contributed by atoms with van der Waals surface area (Å²) in [4.78, 5) is 3.26. The van der Waals surface area contributed by atoms with Gasteiger partial charge in [0.2, 0.25) is 0 Å². The molecule has 1 rings (SSSR count). The van der Waals surface area contributed by atoms with E-state index in [1.54, 1.807) is 0 Å². The van der Waals surface area contributed by atoms with Gasteiger partial charge < -0.3 is 5.73 Å². The fourth-order valence-corrected chi connectivity index (χ4v) is 0.809. The lowest BCUT2D eigenvalue weighted by Crippen LogP contribution is -2.07. The summed E-state index contributed by atoms with van der Waals surface area (Å²) in [5.74, 6) is -2.98. The molecule has 0 aliphatic carbocycles. The van der Waals surface area contributed by atoms with E-state index in [4.69, 9.17) is 5.73 Å². The minimum atomic E-state index is -3.08. The average Bonchev–Trinajstić information content (AvgIpc) is 2.09. The van der Waals surface area contributed by atoms with Crippen molar-refractivity contribution in [1.29, 1.82) is 0 Å². The molecule has 0 saturated carbocycles. The van der Waals surface area contributed by atoms with E-state index in [1.165, 1.54) is 0 Å². The van der Waals surface area contributed by atoms with Gasteiger partial charge in [0.15, 0.2) is 11.6 Å². The lowest BCUT2D eigenvalue weighted by atomic mass is 10.2. The van der Waals surface area contributed by atoms with Gasteiger partial charge in [0.25, 0.3) is 6.43 Å². The van der Waals surface area contributed by atoms with Gasteiger partial charge >= 0.3 is 0 Å². The molecule has 2 N–H and O–H groups in total. The third-order valence-corrected chi connectivity index (χ3v) is 1.49. The Morgan fingerprint density at radius 3 is 2.38 bits per heavy atom. The first-order valence-electron chi connectivity index (χ1n) is 3.39. The molecule has 1 aromatic rings. The van der Waals surface area contributed by atoms with Crippen molar-refractivity contribution < 1.29 is 17.6 Å². The molecular formula is C7H6F4N2. The lowest BCUT2D eigenvalue weighted by Gasteiger charge is -2.04. The molecule has 0 saturated heterocycles. The van der Waals surface area contributed by atoms with Crippen molar-refractivity contribution in [2.75, 3.05) is 0 Å². The van der Waals surface area contributed by atoms with Crippen LogP contribution in [-0.2, 0) is 6.54 Å². The van der Waals surface area contributed by atoms with Crippen molar-refractivity contribution in [2.24, 2.45) is 5.73 Å². The van der Waals surface area contributed by atoms with E-state index in [-0.39, 0.29) is 12.2 Å². The van der Waals surface area contributed by atoms with Gasteiger partial charge in [-0.05, 0) is 0 Å². The van der Waals surface area contributed by atoms with Crippen LogP contribution < -0.4 is 5.73 Å². The molecule has 13 heavy (non-hydrogen) atoms. The van der Waals surface area contributed by atoms with E-state index in [0.29, 0.717) is 6.20 Å². The molecule has 1 heterocycles. The second-order valence-electron chi connectivity index (χ2n) is 2.29. The quantitative estimate of drug-likeness (QED) is 0.728. The highest BCUT2D eigenvalue weighted by Crippen LogP contribution is 2.23. The number of halogens is 4. The molecule has 6 heteroatoms. The number of nitrogens with zero attached hydrogens (tertiary/aromatic N) is 1. The standard InChI is InChI=1S/C7H6F4N2/c8-5-3(7(10)11)2-13-4(1-12)6(5)9/h2,7H,1,12H2. The summed E-state index contributed by atoms with van der Waals surface area (Å²) in [7, 11) is 0. The number of nitrogens with two attached hydrogens (primary N) is 1. The Hall–Kier alpha value is -1.17. The van der Waals surface area contributed by atoms with Gasteiger partial charge in [0, 0.05) is 12.7 Å². The topological polar surface area (TPSA) is 38.9 Å². The number of pyridine rings is 1. The van der Waals surface area contributed by atoms with Crippen LogP contribution in [-0.4, -0.2) is 4.98 Å². The Kier molecular flexibility index (Phi) is 2.82. The Labute approximate surface area is 71.4 Å². The van der Waals surface area contributed by atoms with E-state index in [1.807, 2.05) is 0 Å². The molecular weight excluding hydrogens is 188 g/mol. The maximum Gasteiger partial charge on any atom is 0.268 e. The number of alkyl halides is 2. The van der Waals surface area contributed by atoms with Crippen LogP contribution in [0, 0.1) is 11.6 Å². The summed E-state index contributed by atoms with van der Waals surface area (Å²) in [6.45, 7) is -0.327. The van der Waals surface area contributed by atoms with Gasteiger partial charge in [0.05, 0.1) is 11.3 Å². The molecule has 0 aliphatic rings. The molecule has 0 bridgehead atoms. The molecule has 0 aromatic carbocycles. The van der Waals surface area contributed by atoms with Gasteiger partial charge in [-0.2, -0.15) is 0 Å². The summed E-state index contributed by atoms with van der Waals surface area (Å²) >= 11 is 0. The summed E-state index contributed by atoms with van der Waals surface area (Å²) in [6.07, 6.45) is -2.49. The van der Waals surface area contributed by atoms with Crippen LogP contribution in [0.25, 0.3) is 0 Å². The molecule has 1 aromatic heterocycles. The van der Waals surface area contributed by atoms with Gasteiger partial charge in [-0.15, -0.1) is 0 Å². The number of aromatic nitrogens is 1. The Bertz CT molecular complexity index is 314. The zero-order valence-electron chi connectivity index (χ0n) is 6.40. The molecule has 72 valence electrons. The minimum Gasteiger partial charge on any atom is -0.325 e. The smallest absolute Gasteiger partial charge is 0.268 e. The molecule has 0 unspecified atom stereocenters. The molecule has 0 atom stereocenters. The average molecular weight is 194 g/mol. The van der Waals surface area contributed by atoms with E-state index >= 15 is 0 Å². The summed E-state index contributed by atoms with van der Waals surface area (Å²) in [6, 6.07) is 0. The fourth-order valence-electron chi connectivity index (χ4n) is 0.809. The number of hydrogen-bond acceptors (Lipinski definition) is 2. The highest BCUT2D eigenvalue weighted by atomic mass is 19.3. The number of hydrogen-bond donors (Lipinski definition) is 1. The first-order valence-corrected chi connectivity index (χ1v) is 3.39. The molecule has 0 radical (unpaired) electrons. The van der Waals surface area contributed by atoms with Crippen LogP contribution >= 0.6 is 0 Å². The predicted molar refractivity (Wildman–Crippen MR) is 37.0 cm³/mol. The zero-order chi connectivity index (χ0) is 10.0. The van der Waals surface area contributed by atoms with E-state index in [0.717, 1.165) is 0 Å². The molecule has 0 fully saturated rings. The zero-order valence-corrected chi connectivity index (χ0v) is 6.40. The van der Waals surface area contributed by atoms with Gasteiger partial charge in [-0.3, -0.25) is 4.98 Å². The maximum atomic E-state index is 12.8. The molecule has 0 amide bonds. The predicted octanol–water partition coefficient (Wildman–Crippen LogP) is 1.76. The fraction of sp³-hybridized carbons (Fsp3) is 0.286. The van der Waals surface area contributed by atoms with Crippen molar-refractivity contribution in [3.8, 4) is 0 Å². The first kappa shape index (κ1) is 9.91. The summed E-state index contributed by atoms with van der Waals surface area (Å²) in [5, 5.41) is 0. The second-order valence-corrected chi connectivity index (χ2v) is 2.29. The third-order valence-electron chi connectivity index (χ3n) is 1.49. The second kappa shape index (κ2) is 3.69. The van der Waals surface area contributed by atoms with Crippen LogP contribution in [0.4, 0.5) is 17.6 Å². The Morgan fingerprint density at radius 1 is 1.31 bits per heavy atom. The van der Waals surface area contributed by atoms with Crippen LogP contribution in [0.1, 0.15) is 17.7 Å². The van der Waals surface area contributed by atoms with Crippen molar-refractivity contribution in [3.05, 3.63) is 29.1 Å². The van der Waals surface area contributed by atoms with Gasteiger partial charge in [-0.1, -0.05) is 0 Å². The van der Waals surface area contributed by atoms with Crippen molar-refractivity contribution in [2.45, 2.75) is 13.0 Å². The van der Waals surface area contributed by atoms with Crippen molar-refractivity contribution in [3.63, 3.8) is 0 Å². The van der Waals surface area contributed by atoms with Crippen LogP contribution in [0.3, 0.4) is 0 Å². The van der Waals surface area contributed by atoms with E-state index in [2.05, 4.69) is 4.98 Å². The summed E-state index contributed by atoms with van der Waals surface area (Å²) < 4.78 is 49.5. The Morgan fingerprint density at radius 2 is 1.92 bits per heavy atom. The summed E-state index contributed by atoms with van der Waals surface area (Å²) in [5.41, 5.74) is 3.58. The van der Waals surface area contributed by atoms with E-state index in [9.17, 15) is 17.6 Å². The molecule has 2 nitrogen and oxygen atoms in total.